The molecule has 0 aliphatic rings. The Kier molecular flexibility index (Phi) is 3.31. The molecule has 1 heterocycles. The first-order valence-corrected chi connectivity index (χ1v) is 5.23. The number of nitrogens with zero attached hydrogens (tertiary/aromatic N) is 1. The van der Waals surface area contributed by atoms with Gasteiger partial charge < -0.3 is 15.0 Å². The van der Waals surface area contributed by atoms with Gasteiger partial charge >= 0.3 is 0 Å². The molecular formula is C11H12ClN3O. The minimum absolute atomic E-state index is 0.603. The van der Waals surface area contributed by atoms with Crippen LogP contribution in [0.3, 0.4) is 0 Å². The Morgan fingerprint density at radius 3 is 3.06 bits per heavy atom. The summed E-state index contributed by atoms with van der Waals surface area (Å²) in [6.07, 6.45) is 3.51. The van der Waals surface area contributed by atoms with E-state index < -0.39 is 0 Å². The van der Waals surface area contributed by atoms with Gasteiger partial charge in [-0.15, -0.1) is 0 Å². The molecule has 2 aromatic rings. The van der Waals surface area contributed by atoms with Crippen LogP contribution in [0.1, 0.15) is 5.82 Å². The van der Waals surface area contributed by atoms with E-state index in [0.717, 1.165) is 11.5 Å². The van der Waals surface area contributed by atoms with E-state index in [2.05, 4.69) is 15.3 Å². The Morgan fingerprint density at radius 1 is 1.50 bits per heavy atom. The van der Waals surface area contributed by atoms with Gasteiger partial charge in [-0.3, -0.25) is 0 Å². The highest BCUT2D eigenvalue weighted by molar-refractivity contribution is 6.32. The Morgan fingerprint density at radius 2 is 2.38 bits per heavy atom. The highest BCUT2D eigenvalue weighted by atomic mass is 35.5. The molecular weight excluding hydrogens is 226 g/mol. The van der Waals surface area contributed by atoms with Crippen molar-refractivity contribution in [1.82, 2.24) is 9.97 Å². The molecule has 0 saturated carbocycles. The number of benzene rings is 1. The van der Waals surface area contributed by atoms with Crippen molar-refractivity contribution in [3.8, 4) is 5.75 Å². The van der Waals surface area contributed by atoms with Gasteiger partial charge in [0, 0.05) is 24.1 Å². The van der Waals surface area contributed by atoms with Crippen molar-refractivity contribution >= 4 is 17.3 Å². The maximum Gasteiger partial charge on any atom is 0.139 e. The van der Waals surface area contributed by atoms with Crippen molar-refractivity contribution in [2.45, 2.75) is 6.54 Å². The fraction of sp³-hybridized carbons (Fsp3) is 0.182. The number of nitrogens with one attached hydrogen (secondary N) is 2. The SMILES string of the molecule is COc1cc(NCc2ncc[nH]2)ccc1Cl. The normalized spacial score (nSPS) is 10.1. The zero-order valence-corrected chi connectivity index (χ0v) is 9.58. The molecule has 84 valence electrons. The first-order chi connectivity index (χ1) is 7.79. The Balaban J connectivity index is 2.04. The summed E-state index contributed by atoms with van der Waals surface area (Å²) in [7, 11) is 1.59. The van der Waals surface area contributed by atoms with Crippen molar-refractivity contribution < 1.29 is 4.74 Å². The molecule has 1 aromatic carbocycles. The van der Waals surface area contributed by atoms with E-state index in [9.17, 15) is 0 Å². The lowest BCUT2D eigenvalue weighted by Gasteiger charge is -2.08. The van der Waals surface area contributed by atoms with E-state index >= 15 is 0 Å². The van der Waals surface area contributed by atoms with Crippen molar-refractivity contribution in [3.63, 3.8) is 0 Å². The lowest BCUT2D eigenvalue weighted by atomic mass is 10.3. The number of aromatic nitrogens is 2. The Hall–Kier alpha value is -1.68. The van der Waals surface area contributed by atoms with Crippen molar-refractivity contribution in [3.05, 3.63) is 41.4 Å². The van der Waals surface area contributed by atoms with Gasteiger partial charge in [0.15, 0.2) is 0 Å². The number of hydrogen-bond donors (Lipinski definition) is 2. The summed E-state index contributed by atoms with van der Waals surface area (Å²) in [5.74, 6) is 1.54. The maximum absolute atomic E-state index is 5.92. The highest BCUT2D eigenvalue weighted by Crippen LogP contribution is 2.27. The van der Waals surface area contributed by atoms with Crippen molar-refractivity contribution in [1.29, 1.82) is 0 Å². The lowest BCUT2D eigenvalue weighted by Crippen LogP contribution is -2.01. The third-order valence-corrected chi connectivity index (χ3v) is 2.48. The molecule has 0 amide bonds. The molecule has 4 nitrogen and oxygen atoms in total. The van der Waals surface area contributed by atoms with Crippen LogP contribution in [-0.4, -0.2) is 17.1 Å². The summed E-state index contributed by atoms with van der Waals surface area (Å²) in [4.78, 5) is 7.13. The van der Waals surface area contributed by atoms with E-state index in [1.807, 2.05) is 12.1 Å². The van der Waals surface area contributed by atoms with Crippen LogP contribution >= 0.6 is 11.6 Å². The summed E-state index contributed by atoms with van der Waals surface area (Å²) in [6, 6.07) is 5.55. The van der Waals surface area contributed by atoms with Crippen LogP contribution < -0.4 is 10.1 Å². The average Bonchev–Trinajstić information content (AvgIpc) is 2.81. The van der Waals surface area contributed by atoms with E-state index in [1.165, 1.54) is 0 Å². The Bertz CT molecular complexity index is 456. The summed E-state index contributed by atoms with van der Waals surface area (Å²) in [5.41, 5.74) is 0.942. The number of rotatable bonds is 4. The number of ether oxygens (including phenoxy) is 1. The lowest BCUT2D eigenvalue weighted by molar-refractivity contribution is 0.415. The zero-order chi connectivity index (χ0) is 11.4. The summed E-state index contributed by atoms with van der Waals surface area (Å²) >= 11 is 5.92. The second-order valence-corrected chi connectivity index (χ2v) is 3.65. The molecule has 1 aromatic heterocycles. The smallest absolute Gasteiger partial charge is 0.139 e. The first-order valence-electron chi connectivity index (χ1n) is 4.85. The molecule has 2 N–H and O–H groups in total. The van der Waals surface area contributed by atoms with Gasteiger partial charge in [-0.2, -0.15) is 0 Å². The number of H-pyrrole nitrogens is 1. The number of halogens is 1. The van der Waals surface area contributed by atoms with E-state index in [0.29, 0.717) is 17.3 Å². The van der Waals surface area contributed by atoms with Crippen LogP contribution in [0.25, 0.3) is 0 Å². The molecule has 0 aliphatic carbocycles. The van der Waals surface area contributed by atoms with Crippen LogP contribution in [-0.2, 0) is 6.54 Å². The standard InChI is InChI=1S/C11H12ClN3O/c1-16-10-6-8(2-3-9(10)12)15-7-11-13-4-5-14-11/h2-6,15H,7H2,1H3,(H,13,14). The van der Waals surface area contributed by atoms with E-state index in [-0.39, 0.29) is 0 Å². The summed E-state index contributed by atoms with van der Waals surface area (Å²) < 4.78 is 5.13. The van der Waals surface area contributed by atoms with Crippen molar-refractivity contribution in [2.24, 2.45) is 0 Å². The molecule has 16 heavy (non-hydrogen) atoms. The molecule has 0 saturated heterocycles. The van der Waals surface area contributed by atoms with Crippen LogP contribution in [0, 0.1) is 0 Å². The Labute approximate surface area is 98.6 Å². The summed E-state index contributed by atoms with van der Waals surface area (Å²) in [6.45, 7) is 0.637. The third kappa shape index (κ3) is 2.46. The van der Waals surface area contributed by atoms with E-state index in [4.69, 9.17) is 16.3 Å². The molecule has 0 bridgehead atoms. The van der Waals surface area contributed by atoms with Crippen LogP contribution in [0.4, 0.5) is 5.69 Å². The molecule has 0 spiro atoms. The quantitative estimate of drug-likeness (QED) is 0.860. The molecule has 0 fully saturated rings. The van der Waals surface area contributed by atoms with Gasteiger partial charge in [0.2, 0.25) is 0 Å². The van der Waals surface area contributed by atoms with E-state index in [1.54, 1.807) is 25.6 Å². The molecule has 2 rings (SSSR count). The predicted octanol–water partition coefficient (Wildman–Crippen LogP) is 2.68. The predicted molar refractivity (Wildman–Crippen MR) is 63.9 cm³/mol. The molecule has 0 radical (unpaired) electrons. The molecule has 0 atom stereocenters. The fourth-order valence-electron chi connectivity index (χ4n) is 1.35. The van der Waals surface area contributed by atoms with Crippen LogP contribution in [0.2, 0.25) is 5.02 Å². The molecule has 0 aliphatic heterocycles. The maximum atomic E-state index is 5.92. The highest BCUT2D eigenvalue weighted by Gasteiger charge is 2.02. The third-order valence-electron chi connectivity index (χ3n) is 2.17. The minimum atomic E-state index is 0.603. The van der Waals surface area contributed by atoms with Gasteiger partial charge in [-0.1, -0.05) is 11.6 Å². The van der Waals surface area contributed by atoms with Gasteiger partial charge in [-0.05, 0) is 12.1 Å². The van der Waals surface area contributed by atoms with Crippen molar-refractivity contribution in [2.75, 3.05) is 12.4 Å². The largest absolute Gasteiger partial charge is 0.495 e. The summed E-state index contributed by atoms with van der Waals surface area (Å²) in [5, 5.41) is 3.82. The second-order valence-electron chi connectivity index (χ2n) is 3.24. The number of imidazole rings is 1. The van der Waals surface area contributed by atoms with Gasteiger partial charge in [0.05, 0.1) is 18.7 Å². The van der Waals surface area contributed by atoms with Crippen LogP contribution in [0.5, 0.6) is 5.75 Å². The van der Waals surface area contributed by atoms with Gasteiger partial charge in [0.1, 0.15) is 11.6 Å². The molecule has 0 unspecified atom stereocenters. The first kappa shape index (κ1) is 10.8. The van der Waals surface area contributed by atoms with Crippen LogP contribution in [0.15, 0.2) is 30.6 Å². The zero-order valence-electron chi connectivity index (χ0n) is 8.83. The van der Waals surface area contributed by atoms with Gasteiger partial charge in [-0.25, -0.2) is 4.98 Å². The average molecular weight is 238 g/mol. The second kappa shape index (κ2) is 4.90. The minimum Gasteiger partial charge on any atom is -0.495 e. The number of aromatic amines is 1. The number of anilines is 1. The monoisotopic (exact) mass is 237 g/mol. The topological polar surface area (TPSA) is 49.9 Å². The van der Waals surface area contributed by atoms with Gasteiger partial charge in [0.25, 0.3) is 0 Å². The number of hydrogen-bond acceptors (Lipinski definition) is 3. The fourth-order valence-corrected chi connectivity index (χ4v) is 1.54. The molecule has 5 heteroatoms. The number of methoxy groups -OCH3 is 1.